The summed E-state index contributed by atoms with van der Waals surface area (Å²) in [7, 11) is 0. The van der Waals surface area contributed by atoms with Crippen molar-refractivity contribution in [1.29, 1.82) is 5.26 Å². The smallest absolute Gasteiger partial charge is 0.416 e. The quantitative estimate of drug-likeness (QED) is 0.327. The number of alkyl halides is 3. The highest BCUT2D eigenvalue weighted by molar-refractivity contribution is 6.01. The van der Waals surface area contributed by atoms with Crippen LogP contribution in [-0.2, 0) is 25.2 Å². The maximum absolute atomic E-state index is 13.6. The number of nitrogens with two attached hydrogens (primary N) is 1. The molecule has 2 aromatic carbocycles. The first-order valence-corrected chi connectivity index (χ1v) is 12.5. The third kappa shape index (κ3) is 6.42. The number of allylic oxidation sites excluding steroid dienone is 1. The Kier molecular flexibility index (Phi) is 9.07. The predicted octanol–water partition coefficient (Wildman–Crippen LogP) is 5.92. The molecule has 39 heavy (non-hydrogen) atoms. The van der Waals surface area contributed by atoms with E-state index in [0.717, 1.165) is 18.6 Å². The number of nitrogens with zero attached hydrogens (tertiary/aromatic N) is 2. The van der Waals surface area contributed by atoms with Gasteiger partial charge in [0.05, 0.1) is 47.0 Å². The van der Waals surface area contributed by atoms with Crippen LogP contribution < -0.4 is 10.6 Å². The van der Waals surface area contributed by atoms with E-state index in [9.17, 15) is 28.0 Å². The summed E-state index contributed by atoms with van der Waals surface area (Å²) in [6.45, 7) is 6.84. The normalized spacial score (nSPS) is 15.9. The van der Waals surface area contributed by atoms with Crippen molar-refractivity contribution in [1.82, 2.24) is 0 Å². The van der Waals surface area contributed by atoms with Crippen molar-refractivity contribution in [3.63, 3.8) is 0 Å². The number of carbonyl (C=O) groups excluding carboxylic acids is 2. The minimum Gasteiger partial charge on any atom is -0.462 e. The van der Waals surface area contributed by atoms with Crippen LogP contribution in [0.1, 0.15) is 63.1 Å². The number of anilines is 1. The van der Waals surface area contributed by atoms with E-state index in [-0.39, 0.29) is 35.0 Å². The van der Waals surface area contributed by atoms with Gasteiger partial charge in [-0.15, -0.1) is 0 Å². The van der Waals surface area contributed by atoms with E-state index in [1.165, 1.54) is 36.1 Å². The fraction of sp³-hybridized carbons (Fsp3) is 0.345. The number of rotatable bonds is 8. The van der Waals surface area contributed by atoms with Crippen LogP contribution >= 0.6 is 0 Å². The van der Waals surface area contributed by atoms with Crippen molar-refractivity contribution in [2.45, 2.75) is 58.7 Å². The van der Waals surface area contributed by atoms with Crippen molar-refractivity contribution >= 4 is 17.6 Å². The summed E-state index contributed by atoms with van der Waals surface area (Å²) in [4.78, 5) is 28.2. The van der Waals surface area contributed by atoms with Gasteiger partial charge in [-0.2, -0.15) is 18.4 Å². The standard InChI is InChI=1S/C29H30F3N3O4/c1-5-6-14-38-27(36)25-24(20-12-10-19(16-33)11-13-20)23(28(37)39-17(2)3)18(4)35(26(25)34)22-9-7-8-21(15-22)29(30,31)32/h7-13,15,17,24H,5-6,14,34H2,1-4H3. The second kappa shape index (κ2) is 12.1. The predicted molar refractivity (Wildman–Crippen MR) is 139 cm³/mol. The summed E-state index contributed by atoms with van der Waals surface area (Å²) < 4.78 is 51.7. The summed E-state index contributed by atoms with van der Waals surface area (Å²) in [5.41, 5.74) is 6.53. The Morgan fingerprint density at radius 1 is 1.10 bits per heavy atom. The van der Waals surface area contributed by atoms with Gasteiger partial charge in [-0.1, -0.05) is 31.5 Å². The highest BCUT2D eigenvalue weighted by Gasteiger charge is 2.42. The minimum absolute atomic E-state index is 0.00630. The molecule has 0 saturated heterocycles. The van der Waals surface area contributed by atoms with Gasteiger partial charge in [0.2, 0.25) is 0 Å². The van der Waals surface area contributed by atoms with Gasteiger partial charge < -0.3 is 20.1 Å². The zero-order valence-electron chi connectivity index (χ0n) is 22.1. The maximum atomic E-state index is 13.6. The molecular weight excluding hydrogens is 511 g/mol. The fourth-order valence-electron chi connectivity index (χ4n) is 4.31. The molecule has 0 radical (unpaired) electrons. The summed E-state index contributed by atoms with van der Waals surface area (Å²) in [5.74, 6) is -2.81. The molecule has 206 valence electrons. The number of hydrogen-bond donors (Lipinski definition) is 1. The lowest BCUT2D eigenvalue weighted by Crippen LogP contribution is -2.39. The highest BCUT2D eigenvalue weighted by atomic mass is 19.4. The first-order valence-electron chi connectivity index (χ1n) is 12.5. The van der Waals surface area contributed by atoms with Gasteiger partial charge in [0.1, 0.15) is 5.82 Å². The summed E-state index contributed by atoms with van der Waals surface area (Å²) in [6.07, 6.45) is -3.82. The number of carbonyl (C=O) groups is 2. The first-order chi connectivity index (χ1) is 18.4. The van der Waals surface area contributed by atoms with Crippen LogP contribution in [0.25, 0.3) is 0 Å². The molecule has 2 N–H and O–H groups in total. The summed E-state index contributed by atoms with van der Waals surface area (Å²) in [6, 6.07) is 12.7. The first kappa shape index (κ1) is 29.3. The number of halogens is 3. The molecule has 1 heterocycles. The van der Waals surface area contributed by atoms with Gasteiger partial charge in [0.25, 0.3) is 0 Å². The van der Waals surface area contributed by atoms with Crippen molar-refractivity contribution in [3.8, 4) is 6.07 Å². The van der Waals surface area contributed by atoms with Crippen LogP contribution in [0.5, 0.6) is 0 Å². The van der Waals surface area contributed by atoms with E-state index in [2.05, 4.69) is 0 Å². The molecule has 3 rings (SSSR count). The molecule has 0 spiro atoms. The number of ether oxygens (including phenoxy) is 2. The lowest BCUT2D eigenvalue weighted by Gasteiger charge is -2.37. The molecule has 0 saturated carbocycles. The molecule has 1 atom stereocenters. The molecule has 1 aliphatic rings. The van der Waals surface area contributed by atoms with Crippen molar-refractivity contribution < 1.29 is 32.2 Å². The summed E-state index contributed by atoms with van der Waals surface area (Å²) in [5, 5.41) is 9.24. The Morgan fingerprint density at radius 3 is 2.33 bits per heavy atom. The van der Waals surface area contributed by atoms with Gasteiger partial charge in [-0.3, -0.25) is 0 Å². The van der Waals surface area contributed by atoms with Gasteiger partial charge in [-0.25, -0.2) is 9.59 Å². The molecule has 1 unspecified atom stereocenters. The molecule has 7 nitrogen and oxygen atoms in total. The van der Waals surface area contributed by atoms with E-state index < -0.39 is 35.7 Å². The van der Waals surface area contributed by atoms with Crippen LogP contribution in [0.15, 0.2) is 71.2 Å². The number of unbranched alkanes of at least 4 members (excludes halogenated alkanes) is 1. The van der Waals surface area contributed by atoms with Crippen molar-refractivity contribution in [2.75, 3.05) is 11.5 Å². The zero-order valence-corrected chi connectivity index (χ0v) is 22.1. The number of hydrogen-bond acceptors (Lipinski definition) is 7. The second-order valence-electron chi connectivity index (χ2n) is 9.29. The van der Waals surface area contributed by atoms with Crippen LogP contribution in [-0.4, -0.2) is 24.6 Å². The average Bonchev–Trinajstić information content (AvgIpc) is 2.87. The lowest BCUT2D eigenvalue weighted by molar-refractivity contribution is -0.143. The highest BCUT2D eigenvalue weighted by Crippen LogP contribution is 2.44. The Labute approximate surface area is 225 Å². The van der Waals surface area contributed by atoms with Crippen LogP contribution in [0.3, 0.4) is 0 Å². The number of benzene rings is 2. The molecule has 0 aliphatic carbocycles. The van der Waals surface area contributed by atoms with E-state index in [4.69, 9.17) is 15.2 Å². The van der Waals surface area contributed by atoms with Crippen LogP contribution in [0, 0.1) is 11.3 Å². The Balaban J connectivity index is 2.32. The molecule has 2 aromatic rings. The lowest BCUT2D eigenvalue weighted by atomic mass is 9.80. The van der Waals surface area contributed by atoms with E-state index in [1.807, 2.05) is 13.0 Å². The van der Waals surface area contributed by atoms with Crippen LogP contribution in [0.4, 0.5) is 18.9 Å². The number of nitriles is 1. The van der Waals surface area contributed by atoms with E-state index >= 15 is 0 Å². The number of esters is 2. The third-order valence-electron chi connectivity index (χ3n) is 6.14. The van der Waals surface area contributed by atoms with Crippen molar-refractivity contribution in [2.24, 2.45) is 5.73 Å². The SMILES string of the molecule is CCCCOC(=O)C1=C(N)N(c2cccc(C(F)(F)F)c2)C(C)=C(C(=O)OC(C)C)C1c1ccc(C#N)cc1. The van der Waals surface area contributed by atoms with Gasteiger partial charge in [0, 0.05) is 11.4 Å². The van der Waals surface area contributed by atoms with E-state index in [0.29, 0.717) is 17.5 Å². The van der Waals surface area contributed by atoms with Gasteiger partial charge in [-0.05, 0) is 63.1 Å². The van der Waals surface area contributed by atoms with Crippen LogP contribution in [0.2, 0.25) is 0 Å². The molecule has 0 aromatic heterocycles. The molecule has 0 fully saturated rings. The minimum atomic E-state index is -4.63. The maximum Gasteiger partial charge on any atom is 0.416 e. The topological polar surface area (TPSA) is 106 Å². The van der Waals surface area contributed by atoms with Gasteiger partial charge in [0.15, 0.2) is 0 Å². The molecule has 10 heteroatoms. The second-order valence-corrected chi connectivity index (χ2v) is 9.29. The fourth-order valence-corrected chi connectivity index (χ4v) is 4.31. The third-order valence-corrected chi connectivity index (χ3v) is 6.14. The van der Waals surface area contributed by atoms with E-state index in [1.54, 1.807) is 26.0 Å². The monoisotopic (exact) mass is 541 g/mol. The Bertz CT molecular complexity index is 1340. The van der Waals surface area contributed by atoms with Crippen molar-refractivity contribution in [3.05, 3.63) is 87.9 Å². The summed E-state index contributed by atoms with van der Waals surface area (Å²) >= 11 is 0. The molecule has 0 amide bonds. The molecule has 0 bridgehead atoms. The Hall–Kier alpha value is -4.26. The molecular formula is C29H30F3N3O4. The largest absolute Gasteiger partial charge is 0.462 e. The Morgan fingerprint density at radius 2 is 1.77 bits per heavy atom. The average molecular weight is 542 g/mol. The zero-order chi connectivity index (χ0) is 28.9. The van der Waals surface area contributed by atoms with Gasteiger partial charge >= 0.3 is 18.1 Å². The molecule has 1 aliphatic heterocycles.